The minimum Gasteiger partial charge on any atom is -0.378 e. The third-order valence-corrected chi connectivity index (χ3v) is 4.24. The number of aromatic nitrogens is 1. The van der Waals surface area contributed by atoms with Gasteiger partial charge in [0.2, 0.25) is 0 Å². The van der Waals surface area contributed by atoms with Crippen molar-refractivity contribution in [2.24, 2.45) is 0 Å². The molecule has 0 aliphatic carbocycles. The molecule has 1 unspecified atom stereocenters. The molecule has 0 saturated carbocycles. The van der Waals surface area contributed by atoms with Crippen LogP contribution >= 0.6 is 0 Å². The van der Waals surface area contributed by atoms with Gasteiger partial charge in [-0.25, -0.2) is 0 Å². The number of anilines is 1. The van der Waals surface area contributed by atoms with Crippen LogP contribution < -0.4 is 4.90 Å². The quantitative estimate of drug-likeness (QED) is 0.805. The number of hydrogen-bond acceptors (Lipinski definition) is 4. The normalized spacial score (nSPS) is 17.3. The van der Waals surface area contributed by atoms with Gasteiger partial charge in [-0.1, -0.05) is 13.8 Å². The standard InChI is InChI=1S/C17H29N3O/c1-5-14(2)15-6-7-17(20-10-12-21-13-11-20)16(18-15)8-9-19(3)4/h6-7,14H,5,8-13H2,1-4H3. The monoisotopic (exact) mass is 291 g/mol. The summed E-state index contributed by atoms with van der Waals surface area (Å²) in [5.41, 5.74) is 3.76. The van der Waals surface area contributed by atoms with Crippen LogP contribution in [0.15, 0.2) is 12.1 Å². The summed E-state index contributed by atoms with van der Waals surface area (Å²) in [4.78, 5) is 9.62. The summed E-state index contributed by atoms with van der Waals surface area (Å²) in [6.45, 7) is 9.10. The smallest absolute Gasteiger partial charge is 0.0652 e. The van der Waals surface area contributed by atoms with Crippen LogP contribution in [-0.2, 0) is 11.2 Å². The molecule has 1 fully saturated rings. The zero-order valence-electron chi connectivity index (χ0n) is 13.9. The third kappa shape index (κ3) is 4.42. The van der Waals surface area contributed by atoms with Crippen molar-refractivity contribution in [3.63, 3.8) is 0 Å². The van der Waals surface area contributed by atoms with Crippen LogP contribution in [0.1, 0.15) is 37.6 Å². The maximum atomic E-state index is 5.47. The Morgan fingerprint density at radius 3 is 2.62 bits per heavy atom. The van der Waals surface area contributed by atoms with E-state index in [1.165, 1.54) is 17.1 Å². The predicted octanol–water partition coefficient (Wildman–Crippen LogP) is 2.54. The van der Waals surface area contributed by atoms with Crippen molar-refractivity contribution < 1.29 is 4.74 Å². The number of morpholine rings is 1. The summed E-state index contributed by atoms with van der Waals surface area (Å²) in [6.07, 6.45) is 2.14. The van der Waals surface area contributed by atoms with Gasteiger partial charge in [0.15, 0.2) is 0 Å². The molecule has 0 radical (unpaired) electrons. The molecule has 1 aliphatic rings. The molecule has 2 heterocycles. The number of nitrogens with zero attached hydrogens (tertiary/aromatic N) is 3. The van der Waals surface area contributed by atoms with Crippen molar-refractivity contribution in [1.82, 2.24) is 9.88 Å². The molecule has 1 aromatic heterocycles. The molecule has 0 spiro atoms. The molecule has 0 aromatic carbocycles. The average Bonchev–Trinajstić information content (AvgIpc) is 2.52. The minimum atomic E-state index is 0.529. The highest BCUT2D eigenvalue weighted by Crippen LogP contribution is 2.25. The molecule has 4 nitrogen and oxygen atoms in total. The van der Waals surface area contributed by atoms with Gasteiger partial charge in [0, 0.05) is 31.7 Å². The van der Waals surface area contributed by atoms with E-state index < -0.39 is 0 Å². The van der Waals surface area contributed by atoms with Gasteiger partial charge in [-0.15, -0.1) is 0 Å². The van der Waals surface area contributed by atoms with Crippen LogP contribution in [0.25, 0.3) is 0 Å². The molecule has 0 N–H and O–H groups in total. The van der Waals surface area contributed by atoms with Gasteiger partial charge in [0.05, 0.1) is 24.6 Å². The highest BCUT2D eigenvalue weighted by atomic mass is 16.5. The van der Waals surface area contributed by atoms with E-state index in [1.807, 2.05) is 0 Å². The van der Waals surface area contributed by atoms with Crippen molar-refractivity contribution in [3.05, 3.63) is 23.5 Å². The Bertz CT molecular complexity index is 442. The molecule has 0 amide bonds. The highest BCUT2D eigenvalue weighted by molar-refractivity contribution is 5.52. The van der Waals surface area contributed by atoms with Crippen molar-refractivity contribution in [1.29, 1.82) is 0 Å². The number of rotatable bonds is 6. The fourth-order valence-electron chi connectivity index (χ4n) is 2.60. The van der Waals surface area contributed by atoms with Crippen LogP contribution in [0.2, 0.25) is 0 Å². The molecular weight excluding hydrogens is 262 g/mol. The zero-order valence-corrected chi connectivity index (χ0v) is 13.9. The molecule has 21 heavy (non-hydrogen) atoms. The summed E-state index contributed by atoms with van der Waals surface area (Å²) in [6, 6.07) is 4.48. The van der Waals surface area contributed by atoms with E-state index in [0.29, 0.717) is 5.92 Å². The molecule has 118 valence electrons. The van der Waals surface area contributed by atoms with E-state index in [9.17, 15) is 0 Å². The molecule has 1 aromatic rings. The van der Waals surface area contributed by atoms with Gasteiger partial charge in [0.1, 0.15) is 0 Å². The Kier molecular flexibility index (Phi) is 6.00. The second kappa shape index (κ2) is 7.76. The first-order valence-corrected chi connectivity index (χ1v) is 8.09. The van der Waals surface area contributed by atoms with Gasteiger partial charge in [-0.05, 0) is 38.6 Å². The van der Waals surface area contributed by atoms with Crippen LogP contribution in [-0.4, -0.2) is 56.8 Å². The zero-order chi connectivity index (χ0) is 15.2. The Hall–Kier alpha value is -1.13. The molecular formula is C17H29N3O. The molecule has 1 aliphatic heterocycles. The molecule has 0 bridgehead atoms. The fourth-order valence-corrected chi connectivity index (χ4v) is 2.60. The van der Waals surface area contributed by atoms with Gasteiger partial charge >= 0.3 is 0 Å². The minimum absolute atomic E-state index is 0.529. The summed E-state index contributed by atoms with van der Waals surface area (Å²) < 4.78 is 5.47. The molecule has 1 saturated heterocycles. The lowest BCUT2D eigenvalue weighted by Gasteiger charge is -2.31. The maximum Gasteiger partial charge on any atom is 0.0652 e. The van der Waals surface area contributed by atoms with Crippen LogP contribution in [0, 0.1) is 0 Å². The summed E-state index contributed by atoms with van der Waals surface area (Å²) >= 11 is 0. The third-order valence-electron chi connectivity index (χ3n) is 4.24. The lowest BCUT2D eigenvalue weighted by molar-refractivity contribution is 0.122. The van der Waals surface area contributed by atoms with E-state index in [1.54, 1.807) is 0 Å². The number of likely N-dealkylation sites (N-methyl/N-ethyl adjacent to an activating group) is 1. The Morgan fingerprint density at radius 1 is 1.29 bits per heavy atom. The van der Waals surface area contributed by atoms with E-state index in [2.05, 4.69) is 49.9 Å². The molecule has 2 rings (SSSR count). The van der Waals surface area contributed by atoms with Crippen molar-refractivity contribution in [3.8, 4) is 0 Å². The van der Waals surface area contributed by atoms with Gasteiger partial charge < -0.3 is 14.5 Å². The SMILES string of the molecule is CCC(C)c1ccc(N2CCOCC2)c(CCN(C)C)n1. The van der Waals surface area contributed by atoms with E-state index >= 15 is 0 Å². The molecule has 4 heteroatoms. The van der Waals surface area contributed by atoms with Crippen LogP contribution in [0.3, 0.4) is 0 Å². The Labute approximate surface area is 129 Å². The van der Waals surface area contributed by atoms with E-state index in [4.69, 9.17) is 9.72 Å². The molecule has 1 atom stereocenters. The Morgan fingerprint density at radius 2 is 2.00 bits per heavy atom. The second-order valence-corrected chi connectivity index (χ2v) is 6.16. The van der Waals surface area contributed by atoms with E-state index in [0.717, 1.165) is 45.7 Å². The van der Waals surface area contributed by atoms with Crippen molar-refractivity contribution in [2.45, 2.75) is 32.6 Å². The maximum absolute atomic E-state index is 5.47. The first-order valence-electron chi connectivity index (χ1n) is 8.09. The van der Waals surface area contributed by atoms with E-state index in [-0.39, 0.29) is 0 Å². The number of hydrogen-bond donors (Lipinski definition) is 0. The second-order valence-electron chi connectivity index (χ2n) is 6.16. The lowest BCUT2D eigenvalue weighted by atomic mass is 10.0. The van der Waals surface area contributed by atoms with Crippen molar-refractivity contribution in [2.75, 3.05) is 51.8 Å². The van der Waals surface area contributed by atoms with Crippen molar-refractivity contribution >= 4 is 5.69 Å². The van der Waals surface area contributed by atoms with Gasteiger partial charge in [-0.3, -0.25) is 4.98 Å². The summed E-state index contributed by atoms with van der Waals surface area (Å²) in [5, 5.41) is 0. The lowest BCUT2D eigenvalue weighted by Crippen LogP contribution is -2.37. The van der Waals surface area contributed by atoms with Crippen LogP contribution in [0.5, 0.6) is 0 Å². The topological polar surface area (TPSA) is 28.6 Å². The highest BCUT2D eigenvalue weighted by Gasteiger charge is 2.17. The van der Waals surface area contributed by atoms with Gasteiger partial charge in [0.25, 0.3) is 0 Å². The summed E-state index contributed by atoms with van der Waals surface area (Å²) in [5.74, 6) is 0.529. The first kappa shape index (κ1) is 16.2. The average molecular weight is 291 g/mol. The fraction of sp³-hybridized carbons (Fsp3) is 0.706. The van der Waals surface area contributed by atoms with Crippen LogP contribution in [0.4, 0.5) is 5.69 Å². The van der Waals surface area contributed by atoms with Gasteiger partial charge in [-0.2, -0.15) is 0 Å². The first-order chi connectivity index (χ1) is 10.1. The number of ether oxygens (including phenoxy) is 1. The predicted molar refractivity (Wildman–Crippen MR) is 88.2 cm³/mol. The summed E-state index contributed by atoms with van der Waals surface area (Å²) in [7, 11) is 4.24. The number of pyridine rings is 1. The Balaban J connectivity index is 2.24. The largest absolute Gasteiger partial charge is 0.378 e.